The van der Waals surface area contributed by atoms with E-state index in [1.165, 1.54) is 24.6 Å². The fourth-order valence-corrected chi connectivity index (χ4v) is 2.01. The van der Waals surface area contributed by atoms with Gasteiger partial charge in [0, 0.05) is 11.4 Å². The van der Waals surface area contributed by atoms with Gasteiger partial charge < -0.3 is 5.32 Å². The highest BCUT2D eigenvalue weighted by Crippen LogP contribution is 2.30. The molecule has 1 N–H and O–H groups in total. The first-order valence-electron chi connectivity index (χ1n) is 3.60. The second kappa shape index (κ2) is 3.57. The summed E-state index contributed by atoms with van der Waals surface area (Å²) < 4.78 is 0. The van der Waals surface area contributed by atoms with E-state index in [0.717, 1.165) is 12.0 Å². The Hall–Kier alpha value is 0.440. The summed E-state index contributed by atoms with van der Waals surface area (Å²) in [5.74, 6) is 1.00. The minimum absolute atomic E-state index is 0.828. The monoisotopic (exact) mass is 191 g/mol. The Labute approximate surface area is 65.3 Å². The maximum absolute atomic E-state index is 3.45. The second-order valence-electron chi connectivity index (χ2n) is 2.80. The Bertz CT molecular complexity index is 79.0. The molecule has 0 spiro atoms. The van der Waals surface area contributed by atoms with Gasteiger partial charge in [0.05, 0.1) is 0 Å². The lowest BCUT2D eigenvalue weighted by atomic mass is 9.79. The predicted octanol–water partition coefficient (Wildman–Crippen LogP) is 1.77. The number of halogens is 1. The molecule has 54 valence electrons. The summed E-state index contributed by atoms with van der Waals surface area (Å²) in [5.41, 5.74) is 0. The molecule has 2 heteroatoms. The lowest BCUT2D eigenvalue weighted by molar-refractivity contribution is 0.229. The molecule has 0 heterocycles. The summed E-state index contributed by atoms with van der Waals surface area (Å²) in [7, 11) is 2.05. The maximum atomic E-state index is 3.45. The van der Waals surface area contributed by atoms with Crippen LogP contribution in [0.4, 0.5) is 0 Å². The topological polar surface area (TPSA) is 12.0 Å². The molecule has 0 aromatic carbocycles. The zero-order valence-corrected chi connectivity index (χ0v) is 7.45. The van der Waals surface area contributed by atoms with Crippen LogP contribution >= 0.6 is 15.9 Å². The summed E-state index contributed by atoms with van der Waals surface area (Å²) in [6.45, 7) is 0. The van der Waals surface area contributed by atoms with Crippen molar-refractivity contribution in [3.05, 3.63) is 0 Å². The van der Waals surface area contributed by atoms with Crippen LogP contribution in [0, 0.1) is 5.92 Å². The molecular formula is C7H14BrN. The van der Waals surface area contributed by atoms with E-state index in [4.69, 9.17) is 0 Å². The quantitative estimate of drug-likeness (QED) is 0.672. The lowest BCUT2D eigenvalue weighted by Gasteiger charge is -2.34. The zero-order valence-electron chi connectivity index (χ0n) is 5.86. The fourth-order valence-electron chi connectivity index (χ4n) is 1.36. The zero-order chi connectivity index (χ0) is 6.69. The highest BCUT2D eigenvalue weighted by atomic mass is 79.9. The molecule has 0 saturated heterocycles. The minimum Gasteiger partial charge on any atom is -0.317 e. The molecule has 0 aromatic heterocycles. The summed E-state index contributed by atoms with van der Waals surface area (Å²) in [4.78, 5) is 0. The van der Waals surface area contributed by atoms with E-state index in [-0.39, 0.29) is 0 Å². The van der Waals surface area contributed by atoms with Gasteiger partial charge in [-0.25, -0.2) is 0 Å². The molecule has 0 aliphatic heterocycles. The summed E-state index contributed by atoms with van der Waals surface area (Å²) in [6, 6.07) is 0.828. The lowest BCUT2D eigenvalue weighted by Crippen LogP contribution is -2.39. The summed E-state index contributed by atoms with van der Waals surface area (Å²) in [5, 5.41) is 4.45. The fraction of sp³-hybridized carbons (Fsp3) is 1.00. The number of hydrogen-bond acceptors (Lipinski definition) is 1. The largest absolute Gasteiger partial charge is 0.317 e. The molecule has 1 fully saturated rings. The van der Waals surface area contributed by atoms with Crippen LogP contribution in [0.15, 0.2) is 0 Å². The molecule has 0 amide bonds. The van der Waals surface area contributed by atoms with Gasteiger partial charge in [-0.1, -0.05) is 15.9 Å². The van der Waals surface area contributed by atoms with Crippen LogP contribution in [0.25, 0.3) is 0 Å². The molecule has 9 heavy (non-hydrogen) atoms. The van der Waals surface area contributed by atoms with E-state index in [1.54, 1.807) is 0 Å². The standard InChI is InChI=1S/C7H14BrN/c1-9-7-4-6(5-7)2-3-8/h6-7,9H,2-5H2,1H3. The first kappa shape index (κ1) is 7.55. The van der Waals surface area contributed by atoms with Gasteiger partial charge >= 0.3 is 0 Å². The average Bonchev–Trinajstić information content (AvgIpc) is 1.77. The Morgan fingerprint density at radius 3 is 2.67 bits per heavy atom. The van der Waals surface area contributed by atoms with E-state index in [0.29, 0.717) is 0 Å². The van der Waals surface area contributed by atoms with Gasteiger partial charge in [0.2, 0.25) is 0 Å². The van der Waals surface area contributed by atoms with Crippen LogP contribution in [0.3, 0.4) is 0 Å². The predicted molar refractivity (Wildman–Crippen MR) is 44.0 cm³/mol. The number of nitrogens with one attached hydrogen (secondary N) is 1. The van der Waals surface area contributed by atoms with Crippen molar-refractivity contribution in [2.75, 3.05) is 12.4 Å². The van der Waals surface area contributed by atoms with Crippen molar-refractivity contribution in [1.82, 2.24) is 5.32 Å². The Morgan fingerprint density at radius 1 is 1.56 bits per heavy atom. The van der Waals surface area contributed by atoms with E-state index in [1.807, 2.05) is 0 Å². The van der Waals surface area contributed by atoms with E-state index >= 15 is 0 Å². The minimum atomic E-state index is 0.828. The second-order valence-corrected chi connectivity index (χ2v) is 3.59. The third kappa shape index (κ3) is 1.94. The average molecular weight is 192 g/mol. The van der Waals surface area contributed by atoms with Gasteiger partial charge in [0.15, 0.2) is 0 Å². The molecule has 1 rings (SSSR count). The van der Waals surface area contributed by atoms with Crippen molar-refractivity contribution in [2.24, 2.45) is 5.92 Å². The first-order valence-corrected chi connectivity index (χ1v) is 4.72. The Kier molecular flexibility index (Phi) is 2.99. The highest BCUT2D eigenvalue weighted by Gasteiger charge is 2.26. The third-order valence-corrected chi connectivity index (χ3v) is 2.62. The molecule has 0 bridgehead atoms. The number of hydrogen-bond donors (Lipinski definition) is 1. The smallest absolute Gasteiger partial charge is 0.00693 e. The van der Waals surface area contributed by atoms with Crippen molar-refractivity contribution >= 4 is 15.9 Å². The van der Waals surface area contributed by atoms with Crippen LogP contribution in [-0.2, 0) is 0 Å². The van der Waals surface area contributed by atoms with Crippen molar-refractivity contribution < 1.29 is 0 Å². The third-order valence-electron chi connectivity index (χ3n) is 2.16. The Morgan fingerprint density at radius 2 is 2.22 bits per heavy atom. The number of alkyl halides is 1. The van der Waals surface area contributed by atoms with Gasteiger partial charge in [-0.3, -0.25) is 0 Å². The molecule has 0 aromatic rings. The molecule has 0 unspecified atom stereocenters. The molecule has 0 atom stereocenters. The van der Waals surface area contributed by atoms with Crippen LogP contribution in [0.5, 0.6) is 0 Å². The van der Waals surface area contributed by atoms with E-state index in [2.05, 4.69) is 28.3 Å². The van der Waals surface area contributed by atoms with Crippen molar-refractivity contribution in [3.8, 4) is 0 Å². The molecule has 0 radical (unpaired) electrons. The van der Waals surface area contributed by atoms with Crippen molar-refractivity contribution in [2.45, 2.75) is 25.3 Å². The molecule has 1 aliphatic carbocycles. The van der Waals surface area contributed by atoms with E-state index in [9.17, 15) is 0 Å². The van der Waals surface area contributed by atoms with Crippen molar-refractivity contribution in [1.29, 1.82) is 0 Å². The van der Waals surface area contributed by atoms with Crippen LogP contribution in [0.1, 0.15) is 19.3 Å². The summed E-state index contributed by atoms with van der Waals surface area (Å²) in [6.07, 6.45) is 4.14. The number of rotatable bonds is 3. The molecule has 1 aliphatic rings. The van der Waals surface area contributed by atoms with Gasteiger partial charge in [-0.15, -0.1) is 0 Å². The molecular weight excluding hydrogens is 178 g/mol. The van der Waals surface area contributed by atoms with Gasteiger partial charge in [-0.05, 0) is 32.2 Å². The van der Waals surface area contributed by atoms with Crippen LogP contribution < -0.4 is 5.32 Å². The van der Waals surface area contributed by atoms with Crippen molar-refractivity contribution in [3.63, 3.8) is 0 Å². The van der Waals surface area contributed by atoms with Crippen LogP contribution in [0.2, 0.25) is 0 Å². The van der Waals surface area contributed by atoms with Gasteiger partial charge in [-0.2, -0.15) is 0 Å². The van der Waals surface area contributed by atoms with Gasteiger partial charge in [0.1, 0.15) is 0 Å². The summed E-state index contributed by atoms with van der Waals surface area (Å²) >= 11 is 3.45. The van der Waals surface area contributed by atoms with E-state index < -0.39 is 0 Å². The van der Waals surface area contributed by atoms with Gasteiger partial charge in [0.25, 0.3) is 0 Å². The molecule has 1 nitrogen and oxygen atoms in total. The first-order chi connectivity index (χ1) is 4.36. The molecule has 1 saturated carbocycles. The Balaban J connectivity index is 1.98. The SMILES string of the molecule is CNC1CC(CCBr)C1. The maximum Gasteiger partial charge on any atom is 0.00693 e. The van der Waals surface area contributed by atoms with Crippen LogP contribution in [-0.4, -0.2) is 18.4 Å². The highest BCUT2D eigenvalue weighted by molar-refractivity contribution is 9.09. The normalized spacial score (nSPS) is 34.0.